The largest absolute Gasteiger partial charge is 0.488 e. The van der Waals surface area contributed by atoms with Gasteiger partial charge in [-0.05, 0) is 38.1 Å². The lowest BCUT2D eigenvalue weighted by Gasteiger charge is -2.12. The Morgan fingerprint density at radius 3 is 2.69 bits per heavy atom. The second kappa shape index (κ2) is 7.86. The standard InChI is InChI=1S/C22H17N3O3S/c1-13-17(14(2)28-25-13)12-27-19-9-5-3-7-15(19)21(26)16(11-23)22-24-18-8-4-6-10-20(18)29-22/h3-10,16H,12H2,1-2H3. The van der Waals surface area contributed by atoms with Crippen LogP contribution >= 0.6 is 11.3 Å². The zero-order chi connectivity index (χ0) is 20.4. The molecule has 0 N–H and O–H groups in total. The maximum absolute atomic E-state index is 13.2. The van der Waals surface area contributed by atoms with Crippen LogP contribution in [0.4, 0.5) is 0 Å². The van der Waals surface area contributed by atoms with Gasteiger partial charge in [-0.15, -0.1) is 11.3 Å². The third-order valence-corrected chi connectivity index (χ3v) is 5.76. The maximum atomic E-state index is 13.2. The first kappa shape index (κ1) is 18.8. The quantitative estimate of drug-likeness (QED) is 0.422. The normalized spacial score (nSPS) is 11.9. The second-order valence-corrected chi connectivity index (χ2v) is 7.60. The number of carbonyl (C=O) groups excluding carboxylic acids is 1. The molecule has 1 unspecified atom stereocenters. The molecule has 0 bridgehead atoms. The number of carbonyl (C=O) groups is 1. The van der Waals surface area contributed by atoms with E-state index in [1.807, 2.05) is 38.1 Å². The lowest BCUT2D eigenvalue weighted by Crippen LogP contribution is -2.13. The Balaban J connectivity index is 1.63. The number of ether oxygens (including phenoxy) is 1. The summed E-state index contributed by atoms with van der Waals surface area (Å²) in [4.78, 5) is 17.7. The minimum absolute atomic E-state index is 0.226. The van der Waals surface area contributed by atoms with E-state index in [1.54, 1.807) is 24.3 Å². The predicted octanol–water partition coefficient (Wildman–Crippen LogP) is 4.97. The SMILES string of the molecule is Cc1noc(C)c1COc1ccccc1C(=O)C(C#N)c1nc2ccccc2s1. The van der Waals surface area contributed by atoms with Gasteiger partial charge in [0.1, 0.15) is 23.1 Å². The number of benzene rings is 2. The van der Waals surface area contributed by atoms with E-state index >= 15 is 0 Å². The summed E-state index contributed by atoms with van der Waals surface area (Å²) in [6.45, 7) is 3.88. The van der Waals surface area contributed by atoms with Crippen LogP contribution in [0.5, 0.6) is 5.75 Å². The molecule has 6 nitrogen and oxygen atoms in total. The molecular weight excluding hydrogens is 386 g/mol. The number of fused-ring (bicyclic) bond motifs is 1. The van der Waals surface area contributed by atoms with Crippen LogP contribution in [0, 0.1) is 25.2 Å². The summed E-state index contributed by atoms with van der Waals surface area (Å²) >= 11 is 1.36. The van der Waals surface area contributed by atoms with Gasteiger partial charge in [0.15, 0.2) is 11.7 Å². The summed E-state index contributed by atoms with van der Waals surface area (Å²) < 4.78 is 12.0. The van der Waals surface area contributed by atoms with Crippen LogP contribution in [0.1, 0.15) is 38.3 Å². The molecule has 144 valence electrons. The number of aryl methyl sites for hydroxylation is 2. The van der Waals surface area contributed by atoms with Crippen molar-refractivity contribution in [3.8, 4) is 11.8 Å². The first-order valence-corrected chi connectivity index (χ1v) is 9.83. The molecule has 4 aromatic rings. The number of hydrogen-bond acceptors (Lipinski definition) is 7. The second-order valence-electron chi connectivity index (χ2n) is 6.53. The molecule has 0 radical (unpaired) electrons. The fraction of sp³-hybridized carbons (Fsp3) is 0.182. The van der Waals surface area contributed by atoms with Crippen molar-refractivity contribution in [3.05, 3.63) is 76.1 Å². The molecule has 7 heteroatoms. The molecule has 0 fully saturated rings. The number of thiazole rings is 1. The van der Waals surface area contributed by atoms with Gasteiger partial charge in [-0.2, -0.15) is 5.26 Å². The molecule has 0 aliphatic rings. The molecule has 0 aliphatic carbocycles. The smallest absolute Gasteiger partial charge is 0.190 e. The van der Waals surface area contributed by atoms with Gasteiger partial charge in [0.2, 0.25) is 0 Å². The third-order valence-electron chi connectivity index (χ3n) is 4.65. The summed E-state index contributed by atoms with van der Waals surface area (Å²) in [7, 11) is 0. The lowest BCUT2D eigenvalue weighted by molar-refractivity contribution is 0.0974. The monoisotopic (exact) mass is 403 g/mol. The first-order chi connectivity index (χ1) is 14.1. The molecule has 0 saturated heterocycles. The van der Waals surface area contributed by atoms with E-state index in [-0.39, 0.29) is 12.4 Å². The Morgan fingerprint density at radius 1 is 1.21 bits per heavy atom. The van der Waals surface area contributed by atoms with Crippen molar-refractivity contribution >= 4 is 27.3 Å². The Kier molecular flexibility index (Phi) is 5.10. The van der Waals surface area contributed by atoms with Gasteiger partial charge < -0.3 is 9.26 Å². The fourth-order valence-corrected chi connectivity index (χ4v) is 4.06. The van der Waals surface area contributed by atoms with E-state index in [0.29, 0.717) is 22.1 Å². The van der Waals surface area contributed by atoms with Crippen LogP contribution in [-0.2, 0) is 6.61 Å². The molecule has 1 atom stereocenters. The van der Waals surface area contributed by atoms with Gasteiger partial charge in [-0.3, -0.25) is 4.79 Å². The van der Waals surface area contributed by atoms with Crippen LogP contribution in [0.2, 0.25) is 0 Å². The number of rotatable bonds is 6. The molecule has 0 aliphatic heterocycles. The molecule has 2 heterocycles. The van der Waals surface area contributed by atoms with Gasteiger partial charge in [0.25, 0.3) is 0 Å². The van der Waals surface area contributed by atoms with E-state index < -0.39 is 5.92 Å². The highest BCUT2D eigenvalue weighted by molar-refractivity contribution is 7.18. The maximum Gasteiger partial charge on any atom is 0.190 e. The molecule has 4 rings (SSSR count). The van der Waals surface area contributed by atoms with E-state index in [1.165, 1.54) is 11.3 Å². The van der Waals surface area contributed by atoms with Crippen molar-refractivity contribution in [3.63, 3.8) is 0 Å². The highest BCUT2D eigenvalue weighted by Crippen LogP contribution is 2.32. The average molecular weight is 403 g/mol. The fourth-order valence-electron chi connectivity index (χ4n) is 3.05. The highest BCUT2D eigenvalue weighted by Gasteiger charge is 2.27. The molecular formula is C22H17N3O3S. The van der Waals surface area contributed by atoms with Crippen LogP contribution < -0.4 is 4.74 Å². The van der Waals surface area contributed by atoms with Crippen LogP contribution in [0.15, 0.2) is 53.1 Å². The zero-order valence-electron chi connectivity index (χ0n) is 15.9. The van der Waals surface area contributed by atoms with Gasteiger partial charge in [-0.1, -0.05) is 29.4 Å². The Labute approximate surface area is 171 Å². The summed E-state index contributed by atoms with van der Waals surface area (Å²) in [6.07, 6.45) is 0. The predicted molar refractivity (Wildman–Crippen MR) is 109 cm³/mol. The van der Waals surface area contributed by atoms with Crippen molar-refractivity contribution in [2.75, 3.05) is 0 Å². The Bertz CT molecular complexity index is 1180. The number of para-hydroxylation sites is 2. The van der Waals surface area contributed by atoms with E-state index in [9.17, 15) is 10.1 Å². The van der Waals surface area contributed by atoms with Crippen molar-refractivity contribution < 1.29 is 14.1 Å². The van der Waals surface area contributed by atoms with Crippen LogP contribution in [0.3, 0.4) is 0 Å². The van der Waals surface area contributed by atoms with E-state index in [0.717, 1.165) is 21.5 Å². The first-order valence-electron chi connectivity index (χ1n) is 9.01. The lowest BCUT2D eigenvalue weighted by atomic mass is 9.98. The molecule has 0 spiro atoms. The van der Waals surface area contributed by atoms with Crippen molar-refractivity contribution in [2.24, 2.45) is 0 Å². The molecule has 0 amide bonds. The third kappa shape index (κ3) is 3.62. The molecule has 0 saturated carbocycles. The zero-order valence-corrected chi connectivity index (χ0v) is 16.7. The van der Waals surface area contributed by atoms with Crippen molar-refractivity contribution in [1.82, 2.24) is 10.1 Å². The topological polar surface area (TPSA) is 89.0 Å². The summed E-state index contributed by atoms with van der Waals surface area (Å²) in [6, 6.07) is 16.6. The number of nitrogens with zero attached hydrogens (tertiary/aromatic N) is 3. The van der Waals surface area contributed by atoms with Gasteiger partial charge in [-0.25, -0.2) is 4.98 Å². The summed E-state index contributed by atoms with van der Waals surface area (Å²) in [5.74, 6) is -0.230. The Hall–Kier alpha value is -3.50. The van der Waals surface area contributed by atoms with Gasteiger partial charge in [0.05, 0.1) is 33.1 Å². The minimum atomic E-state index is -0.990. The number of nitriles is 1. The number of aromatic nitrogens is 2. The van der Waals surface area contributed by atoms with Gasteiger partial charge >= 0.3 is 0 Å². The summed E-state index contributed by atoms with van der Waals surface area (Å²) in [5.41, 5.74) is 2.72. The van der Waals surface area contributed by atoms with Crippen molar-refractivity contribution in [1.29, 1.82) is 5.26 Å². The van der Waals surface area contributed by atoms with E-state index in [4.69, 9.17) is 9.26 Å². The number of ketones is 1. The molecule has 29 heavy (non-hydrogen) atoms. The number of hydrogen-bond donors (Lipinski definition) is 0. The molecule has 2 aromatic heterocycles. The van der Waals surface area contributed by atoms with E-state index in [2.05, 4.69) is 16.2 Å². The average Bonchev–Trinajstić information content (AvgIpc) is 3.30. The Morgan fingerprint density at radius 2 is 1.97 bits per heavy atom. The van der Waals surface area contributed by atoms with Crippen LogP contribution in [-0.4, -0.2) is 15.9 Å². The van der Waals surface area contributed by atoms with Gasteiger partial charge in [0, 0.05) is 0 Å². The summed E-state index contributed by atoms with van der Waals surface area (Å²) in [5, 5.41) is 14.1. The molecule has 2 aromatic carbocycles. The highest BCUT2D eigenvalue weighted by atomic mass is 32.1. The minimum Gasteiger partial charge on any atom is -0.488 e. The van der Waals surface area contributed by atoms with Crippen LogP contribution in [0.25, 0.3) is 10.2 Å². The number of Topliss-reactive ketones (excluding diaryl/α,β-unsaturated/α-hetero) is 1. The van der Waals surface area contributed by atoms with Crippen molar-refractivity contribution in [2.45, 2.75) is 26.4 Å².